The Kier molecular flexibility index (Phi) is 6.87. The molecule has 1 aliphatic rings. The molecule has 1 heterocycles. The minimum atomic E-state index is -0.556. The molecule has 2 amide bonds. The number of carbonyl (C=O) groups excluding carboxylic acids is 2. The van der Waals surface area contributed by atoms with Crippen molar-refractivity contribution in [2.24, 2.45) is 16.1 Å². The molecule has 0 unspecified atom stereocenters. The van der Waals surface area contributed by atoms with E-state index in [4.69, 9.17) is 23.2 Å². The number of thioether (sulfide) groups is 1. The number of nitrogens with one attached hydrogen (secondary N) is 2. The summed E-state index contributed by atoms with van der Waals surface area (Å²) in [6.45, 7) is 5.89. The molecule has 2 rings (SSSR count). The van der Waals surface area contributed by atoms with E-state index in [1.807, 2.05) is 20.8 Å². The van der Waals surface area contributed by atoms with E-state index in [9.17, 15) is 9.59 Å². The lowest BCUT2D eigenvalue weighted by atomic mass is 10.1. The summed E-state index contributed by atoms with van der Waals surface area (Å²) in [6.07, 6.45) is 0.00134. The van der Waals surface area contributed by atoms with Gasteiger partial charge in [0, 0.05) is 17.2 Å². The number of hydrogen-bond acceptors (Lipinski definition) is 5. The molecule has 2 N–H and O–H groups in total. The Hall–Kier alpha value is -1.57. The van der Waals surface area contributed by atoms with Crippen LogP contribution in [0.15, 0.2) is 28.4 Å². The molecule has 0 saturated carbocycles. The van der Waals surface area contributed by atoms with Gasteiger partial charge in [-0.1, -0.05) is 48.8 Å². The third-order valence-electron chi connectivity index (χ3n) is 3.49. The fourth-order valence-electron chi connectivity index (χ4n) is 1.79. The predicted molar refractivity (Wildman–Crippen MR) is 105 cm³/mol. The zero-order valence-electron chi connectivity index (χ0n) is 14.0. The molecule has 0 radical (unpaired) electrons. The summed E-state index contributed by atoms with van der Waals surface area (Å²) >= 11 is 13.0. The molecule has 1 aliphatic heterocycles. The first-order chi connectivity index (χ1) is 11.8. The van der Waals surface area contributed by atoms with Crippen LogP contribution < -0.4 is 10.6 Å². The molecule has 1 aromatic rings. The van der Waals surface area contributed by atoms with E-state index in [2.05, 4.69) is 20.8 Å². The van der Waals surface area contributed by atoms with Crippen molar-refractivity contribution in [3.63, 3.8) is 0 Å². The van der Waals surface area contributed by atoms with E-state index in [-0.39, 0.29) is 24.2 Å². The highest BCUT2D eigenvalue weighted by Gasteiger charge is 2.32. The second-order valence-electron chi connectivity index (χ2n) is 5.77. The topological polar surface area (TPSA) is 82.9 Å². The van der Waals surface area contributed by atoms with E-state index < -0.39 is 5.25 Å². The summed E-state index contributed by atoms with van der Waals surface area (Å²) in [6, 6.07) is 4.77. The molecule has 0 bridgehead atoms. The quantitative estimate of drug-likeness (QED) is 0.579. The minimum absolute atomic E-state index is 0.00134. The summed E-state index contributed by atoms with van der Waals surface area (Å²) in [7, 11) is 0. The normalized spacial score (nSPS) is 19.4. The van der Waals surface area contributed by atoms with Crippen LogP contribution in [0.5, 0.6) is 0 Å². The van der Waals surface area contributed by atoms with Crippen LogP contribution >= 0.6 is 35.0 Å². The average molecular weight is 401 g/mol. The monoisotopic (exact) mass is 400 g/mol. The summed E-state index contributed by atoms with van der Waals surface area (Å²) < 4.78 is 0. The summed E-state index contributed by atoms with van der Waals surface area (Å²) in [5, 5.41) is 14.1. The summed E-state index contributed by atoms with van der Waals surface area (Å²) in [5.74, 6) is -0.310. The number of amidine groups is 1. The maximum atomic E-state index is 12.1. The molecule has 0 aliphatic carbocycles. The Balaban J connectivity index is 1.96. The molecule has 9 heteroatoms. The largest absolute Gasteiger partial charge is 0.325 e. The third-order valence-corrected chi connectivity index (χ3v) is 5.11. The first kappa shape index (κ1) is 19.8. The first-order valence-electron chi connectivity index (χ1n) is 7.61. The molecular formula is C16H18Cl2N4O2S. The van der Waals surface area contributed by atoms with Crippen molar-refractivity contribution in [2.75, 3.05) is 5.32 Å². The summed E-state index contributed by atoms with van der Waals surface area (Å²) in [5.41, 5.74) is 1.31. The van der Waals surface area contributed by atoms with Gasteiger partial charge in [-0.15, -0.1) is 5.10 Å². The molecule has 25 heavy (non-hydrogen) atoms. The smallest absolute Gasteiger partial charge is 0.240 e. The van der Waals surface area contributed by atoms with Gasteiger partial charge in [0.05, 0.1) is 10.7 Å². The van der Waals surface area contributed by atoms with Gasteiger partial charge in [0.1, 0.15) is 5.25 Å². The lowest BCUT2D eigenvalue weighted by Crippen LogP contribution is -2.28. The molecule has 0 spiro atoms. The highest BCUT2D eigenvalue weighted by atomic mass is 35.5. The minimum Gasteiger partial charge on any atom is -0.325 e. The van der Waals surface area contributed by atoms with Crippen molar-refractivity contribution >= 4 is 63.3 Å². The molecule has 6 nitrogen and oxygen atoms in total. The van der Waals surface area contributed by atoms with Gasteiger partial charge in [-0.3, -0.25) is 9.59 Å². The van der Waals surface area contributed by atoms with E-state index in [1.54, 1.807) is 12.1 Å². The first-order valence-corrected chi connectivity index (χ1v) is 9.24. The predicted octanol–water partition coefficient (Wildman–Crippen LogP) is 3.94. The van der Waals surface area contributed by atoms with E-state index in [1.165, 1.54) is 17.8 Å². The molecular weight excluding hydrogens is 383 g/mol. The number of nitrogens with zero attached hydrogens (tertiary/aromatic N) is 2. The lowest BCUT2D eigenvalue weighted by Gasteiger charge is -2.09. The maximum Gasteiger partial charge on any atom is 0.240 e. The maximum absolute atomic E-state index is 12.1. The molecule has 0 aromatic heterocycles. The van der Waals surface area contributed by atoms with Crippen LogP contribution in [0.3, 0.4) is 0 Å². The van der Waals surface area contributed by atoms with Crippen LogP contribution in [-0.2, 0) is 9.59 Å². The van der Waals surface area contributed by atoms with Crippen molar-refractivity contribution in [3.8, 4) is 0 Å². The Morgan fingerprint density at radius 2 is 2.12 bits per heavy atom. The van der Waals surface area contributed by atoms with Crippen molar-refractivity contribution < 1.29 is 9.59 Å². The number of benzene rings is 1. The fraction of sp³-hybridized carbons (Fsp3) is 0.375. The number of carbonyl (C=O) groups is 2. The van der Waals surface area contributed by atoms with Crippen LogP contribution in [0, 0.1) is 5.92 Å². The lowest BCUT2D eigenvalue weighted by molar-refractivity contribution is -0.122. The van der Waals surface area contributed by atoms with Crippen LogP contribution in [0.4, 0.5) is 5.69 Å². The van der Waals surface area contributed by atoms with Gasteiger partial charge in [0.2, 0.25) is 11.8 Å². The second-order valence-corrected chi connectivity index (χ2v) is 7.81. The van der Waals surface area contributed by atoms with Crippen LogP contribution in [0.2, 0.25) is 10.0 Å². The molecule has 1 atom stereocenters. The molecule has 1 fully saturated rings. The van der Waals surface area contributed by atoms with Gasteiger partial charge in [-0.05, 0) is 31.0 Å². The Labute approximate surface area is 160 Å². The van der Waals surface area contributed by atoms with Gasteiger partial charge in [0.15, 0.2) is 5.17 Å². The van der Waals surface area contributed by atoms with Gasteiger partial charge in [-0.25, -0.2) is 0 Å². The highest BCUT2D eigenvalue weighted by molar-refractivity contribution is 8.15. The molecule has 1 aromatic carbocycles. The Morgan fingerprint density at radius 3 is 2.76 bits per heavy atom. The fourth-order valence-corrected chi connectivity index (χ4v) is 3.16. The van der Waals surface area contributed by atoms with Crippen molar-refractivity contribution in [2.45, 2.75) is 32.4 Å². The van der Waals surface area contributed by atoms with Gasteiger partial charge < -0.3 is 10.6 Å². The third kappa shape index (κ3) is 5.73. The van der Waals surface area contributed by atoms with Gasteiger partial charge >= 0.3 is 0 Å². The second kappa shape index (κ2) is 8.69. The molecule has 134 valence electrons. The average Bonchev–Trinajstić information content (AvgIpc) is 2.87. The van der Waals surface area contributed by atoms with Gasteiger partial charge in [-0.2, -0.15) is 5.10 Å². The number of rotatable bonds is 5. The van der Waals surface area contributed by atoms with E-state index in [0.29, 0.717) is 20.9 Å². The number of amides is 2. The Bertz CT molecular complexity index is 750. The number of anilines is 1. The standard InChI is InChI=1S/C16H18Cl2N4O2S/c1-8(2)9(3)21-22-16-20-15(24)13(25-16)7-14(23)19-12-5-4-10(17)6-11(12)18/h4-6,8,13H,7H2,1-3H3,(H,19,23)(H,20,22,24)/b21-9-/t13-/m1/s1. The van der Waals surface area contributed by atoms with Crippen molar-refractivity contribution in [3.05, 3.63) is 28.2 Å². The highest BCUT2D eigenvalue weighted by Crippen LogP contribution is 2.27. The van der Waals surface area contributed by atoms with Crippen molar-refractivity contribution in [1.82, 2.24) is 5.32 Å². The van der Waals surface area contributed by atoms with Crippen LogP contribution in [-0.4, -0.2) is 27.9 Å². The van der Waals surface area contributed by atoms with Crippen LogP contribution in [0.25, 0.3) is 0 Å². The van der Waals surface area contributed by atoms with E-state index >= 15 is 0 Å². The number of hydrogen-bond donors (Lipinski definition) is 2. The van der Waals surface area contributed by atoms with E-state index in [0.717, 1.165) is 5.71 Å². The Morgan fingerprint density at radius 1 is 1.40 bits per heavy atom. The number of halogens is 2. The zero-order chi connectivity index (χ0) is 18.6. The van der Waals surface area contributed by atoms with Gasteiger partial charge in [0.25, 0.3) is 0 Å². The summed E-state index contributed by atoms with van der Waals surface area (Å²) in [4.78, 5) is 24.1. The van der Waals surface area contributed by atoms with Crippen LogP contribution in [0.1, 0.15) is 27.2 Å². The zero-order valence-corrected chi connectivity index (χ0v) is 16.3. The SMILES string of the molecule is C/C(=N/N=C1\NC(=O)[C@@H](CC(=O)Nc2ccc(Cl)cc2Cl)S1)C(C)C. The molecule has 1 saturated heterocycles. The van der Waals surface area contributed by atoms with Crippen molar-refractivity contribution in [1.29, 1.82) is 0 Å².